The van der Waals surface area contributed by atoms with E-state index in [1.54, 1.807) is 23.1 Å². The number of sulfonamides is 1. The smallest absolute Gasteiger partial charge is 0.262 e. The highest BCUT2D eigenvalue weighted by Crippen LogP contribution is 2.42. The summed E-state index contributed by atoms with van der Waals surface area (Å²) >= 11 is 12.4. The lowest BCUT2D eigenvalue weighted by atomic mass is 9.93. The second-order valence-electron chi connectivity index (χ2n) is 8.92. The normalized spacial score (nSPS) is 20.3. The molecule has 3 aliphatic rings. The van der Waals surface area contributed by atoms with Crippen molar-refractivity contribution in [3.8, 4) is 0 Å². The second-order valence-corrected chi connectivity index (χ2v) is 11.7. The Hall–Kier alpha value is -1.84. The molecule has 10 heteroatoms. The lowest BCUT2D eigenvalue weighted by molar-refractivity contribution is -0.164. The van der Waals surface area contributed by atoms with Gasteiger partial charge in [0, 0.05) is 29.2 Å². The first-order valence-electron chi connectivity index (χ1n) is 10.9. The molecule has 0 atom stereocenters. The van der Waals surface area contributed by atoms with Gasteiger partial charge in [0.15, 0.2) is 5.60 Å². The number of ether oxygens (including phenoxy) is 1. The maximum Gasteiger partial charge on any atom is 0.262 e. The molecule has 7 nitrogen and oxygen atoms in total. The maximum atomic E-state index is 13.9. The van der Waals surface area contributed by atoms with E-state index in [9.17, 15) is 13.2 Å². The summed E-state index contributed by atoms with van der Waals surface area (Å²) in [7, 11) is -3.44. The van der Waals surface area contributed by atoms with E-state index in [1.165, 1.54) is 17.1 Å². The molecule has 5 rings (SSSR count). The molecule has 33 heavy (non-hydrogen) atoms. The van der Waals surface area contributed by atoms with Crippen LogP contribution in [0.5, 0.6) is 0 Å². The number of hydrogen-bond acceptors (Lipinski definition) is 5. The van der Waals surface area contributed by atoms with Crippen molar-refractivity contribution in [3.05, 3.63) is 58.1 Å². The van der Waals surface area contributed by atoms with E-state index < -0.39 is 15.6 Å². The number of para-hydroxylation sites is 2. The number of halogens is 2. The number of benzene rings is 2. The summed E-state index contributed by atoms with van der Waals surface area (Å²) in [6.45, 7) is 1.24. The Labute approximate surface area is 203 Å². The Morgan fingerprint density at radius 2 is 1.79 bits per heavy atom. The van der Waals surface area contributed by atoms with Crippen LogP contribution in [0.1, 0.15) is 18.4 Å². The lowest BCUT2D eigenvalue weighted by Gasteiger charge is -2.50. The molecule has 2 heterocycles. The van der Waals surface area contributed by atoms with Gasteiger partial charge in [-0.1, -0.05) is 35.3 Å². The first-order valence-corrected chi connectivity index (χ1v) is 13.5. The first kappa shape index (κ1) is 22.9. The van der Waals surface area contributed by atoms with Crippen molar-refractivity contribution >= 4 is 50.5 Å². The van der Waals surface area contributed by atoms with E-state index in [2.05, 4.69) is 4.90 Å². The molecule has 1 saturated carbocycles. The number of carbonyl (C=O) groups excluding carboxylic acids is 1. The number of fused-ring (bicyclic) bond motifs is 1. The highest BCUT2D eigenvalue weighted by atomic mass is 35.5. The van der Waals surface area contributed by atoms with Crippen LogP contribution in [0.4, 0.5) is 11.4 Å². The van der Waals surface area contributed by atoms with E-state index in [1.807, 2.05) is 24.3 Å². The minimum absolute atomic E-state index is 0.0339. The van der Waals surface area contributed by atoms with Crippen LogP contribution in [-0.2, 0) is 26.2 Å². The third kappa shape index (κ3) is 4.35. The number of nitrogens with zero attached hydrogens (tertiary/aromatic N) is 3. The molecular formula is C23H25Cl2N3O4S. The number of hydrogen-bond donors (Lipinski definition) is 0. The van der Waals surface area contributed by atoms with Crippen LogP contribution < -0.4 is 9.80 Å². The molecule has 0 spiro atoms. The Morgan fingerprint density at radius 1 is 1.09 bits per heavy atom. The fourth-order valence-electron chi connectivity index (χ4n) is 4.52. The zero-order valence-corrected chi connectivity index (χ0v) is 20.5. The zero-order valence-electron chi connectivity index (χ0n) is 18.2. The number of amides is 1. The van der Waals surface area contributed by atoms with Crippen molar-refractivity contribution in [1.29, 1.82) is 0 Å². The lowest BCUT2D eigenvalue weighted by Crippen LogP contribution is -2.71. The first-order chi connectivity index (χ1) is 15.7. The SMILES string of the molecule is CS(=O)(=O)N1CC(OCc2cc(Cl)ccc2Cl)(C(=O)N2CCN(C3CC3)c3ccccc32)C1. The van der Waals surface area contributed by atoms with Gasteiger partial charge in [0.25, 0.3) is 5.91 Å². The van der Waals surface area contributed by atoms with E-state index in [4.69, 9.17) is 27.9 Å². The zero-order chi connectivity index (χ0) is 23.4. The average molecular weight is 510 g/mol. The molecule has 0 radical (unpaired) electrons. The highest BCUT2D eigenvalue weighted by Gasteiger charge is 2.56. The molecule has 0 N–H and O–H groups in total. The van der Waals surface area contributed by atoms with E-state index in [0.717, 1.165) is 24.2 Å². The number of anilines is 2. The maximum absolute atomic E-state index is 13.9. The van der Waals surface area contributed by atoms with Gasteiger partial charge >= 0.3 is 0 Å². The minimum Gasteiger partial charge on any atom is -0.365 e. The van der Waals surface area contributed by atoms with Gasteiger partial charge in [-0.05, 0) is 48.7 Å². The molecule has 2 aromatic rings. The van der Waals surface area contributed by atoms with Gasteiger partial charge in [0.05, 0.1) is 37.3 Å². The molecule has 2 fully saturated rings. The molecular weight excluding hydrogens is 485 g/mol. The molecule has 1 aliphatic carbocycles. The third-order valence-electron chi connectivity index (χ3n) is 6.51. The quantitative estimate of drug-likeness (QED) is 0.595. The third-order valence-corrected chi connectivity index (χ3v) is 8.31. The van der Waals surface area contributed by atoms with E-state index >= 15 is 0 Å². The van der Waals surface area contributed by atoms with Crippen molar-refractivity contribution < 1.29 is 17.9 Å². The predicted molar refractivity (Wildman–Crippen MR) is 130 cm³/mol. The van der Waals surface area contributed by atoms with Gasteiger partial charge in [-0.3, -0.25) is 4.79 Å². The fraction of sp³-hybridized carbons (Fsp3) is 0.435. The van der Waals surface area contributed by atoms with Crippen LogP contribution in [0.15, 0.2) is 42.5 Å². The Balaban J connectivity index is 1.43. The summed E-state index contributed by atoms with van der Waals surface area (Å²) < 4.78 is 31.6. The van der Waals surface area contributed by atoms with Crippen molar-refractivity contribution in [1.82, 2.24) is 4.31 Å². The average Bonchev–Trinajstić information content (AvgIpc) is 3.58. The van der Waals surface area contributed by atoms with Crippen LogP contribution in [-0.4, -0.2) is 62.7 Å². The van der Waals surface area contributed by atoms with Crippen molar-refractivity contribution in [2.24, 2.45) is 0 Å². The summed E-state index contributed by atoms with van der Waals surface area (Å²) in [4.78, 5) is 18.0. The largest absolute Gasteiger partial charge is 0.365 e. The monoisotopic (exact) mass is 509 g/mol. The summed E-state index contributed by atoms with van der Waals surface area (Å²) in [5.41, 5.74) is 1.23. The molecule has 1 saturated heterocycles. The van der Waals surface area contributed by atoms with Gasteiger partial charge in [0.1, 0.15) is 0 Å². The molecule has 2 aliphatic heterocycles. The molecule has 176 valence electrons. The minimum atomic E-state index is -3.44. The molecule has 2 aromatic carbocycles. The van der Waals surface area contributed by atoms with Gasteiger partial charge in [0.2, 0.25) is 10.0 Å². The fourth-order valence-corrected chi connectivity index (χ4v) is 5.78. The van der Waals surface area contributed by atoms with Crippen LogP contribution in [0, 0.1) is 0 Å². The molecule has 0 bridgehead atoms. The van der Waals surface area contributed by atoms with Crippen LogP contribution >= 0.6 is 23.2 Å². The second kappa shape index (κ2) is 8.43. The van der Waals surface area contributed by atoms with Gasteiger partial charge < -0.3 is 14.5 Å². The Morgan fingerprint density at radius 3 is 2.45 bits per heavy atom. The van der Waals surface area contributed by atoms with Gasteiger partial charge in [-0.15, -0.1) is 0 Å². The standard InChI is InChI=1S/C23H25Cl2N3O4S/c1-33(30,31)26-14-23(15-26,32-13-16-12-17(24)6-9-19(16)25)22(29)28-11-10-27(18-7-8-18)20-4-2-3-5-21(20)28/h2-6,9,12,18H,7-8,10-11,13-15H2,1H3. The number of rotatable bonds is 6. The van der Waals surface area contributed by atoms with E-state index in [0.29, 0.717) is 28.2 Å². The van der Waals surface area contributed by atoms with Crippen molar-refractivity contribution in [2.45, 2.75) is 31.1 Å². The number of carbonyl (C=O) groups is 1. The Kier molecular flexibility index (Phi) is 5.86. The summed E-state index contributed by atoms with van der Waals surface area (Å²) in [5, 5.41) is 0.986. The van der Waals surface area contributed by atoms with Crippen LogP contribution in [0.25, 0.3) is 0 Å². The summed E-state index contributed by atoms with van der Waals surface area (Å²) in [6.07, 6.45) is 3.47. The molecule has 0 aromatic heterocycles. The van der Waals surface area contributed by atoms with Crippen LogP contribution in [0.3, 0.4) is 0 Å². The van der Waals surface area contributed by atoms with Crippen LogP contribution in [0.2, 0.25) is 10.0 Å². The predicted octanol–water partition coefficient (Wildman–Crippen LogP) is 3.54. The van der Waals surface area contributed by atoms with Gasteiger partial charge in [-0.25, -0.2) is 8.42 Å². The molecule has 1 amide bonds. The topological polar surface area (TPSA) is 70.2 Å². The van der Waals surface area contributed by atoms with Gasteiger partial charge in [-0.2, -0.15) is 4.31 Å². The Bertz CT molecular complexity index is 1200. The summed E-state index contributed by atoms with van der Waals surface area (Å²) in [5.74, 6) is -0.233. The van der Waals surface area contributed by atoms with Crippen molar-refractivity contribution in [2.75, 3.05) is 42.2 Å². The summed E-state index contributed by atoms with van der Waals surface area (Å²) in [6, 6.07) is 13.4. The van der Waals surface area contributed by atoms with E-state index in [-0.39, 0.29) is 25.6 Å². The highest BCUT2D eigenvalue weighted by molar-refractivity contribution is 7.88. The molecule has 0 unspecified atom stereocenters. The van der Waals surface area contributed by atoms with Crippen molar-refractivity contribution in [3.63, 3.8) is 0 Å².